The van der Waals surface area contributed by atoms with Crippen LogP contribution < -0.4 is 9.80 Å². The van der Waals surface area contributed by atoms with Crippen LogP contribution >= 0.6 is 0 Å². The van der Waals surface area contributed by atoms with Crippen LogP contribution in [0.15, 0.2) is 243 Å². The van der Waals surface area contributed by atoms with Crippen LogP contribution in [0.25, 0.3) is 98.4 Å². The minimum Gasteiger partial charge on any atom is -0.309 e. The van der Waals surface area contributed by atoms with Gasteiger partial charge in [-0.25, -0.2) is 0 Å². The van der Waals surface area contributed by atoms with E-state index in [4.69, 9.17) is 0 Å². The number of hydrogen-bond acceptors (Lipinski definition) is 2. The van der Waals surface area contributed by atoms with Gasteiger partial charge in [-0.1, -0.05) is 224 Å². The largest absolute Gasteiger partial charge is 0.309 e. The molecule has 15 aromatic rings. The molecule has 11 aromatic carbocycles. The molecule has 0 unspecified atom stereocenters. The molecular weight excluding hydrogens is 945 g/mol. The summed E-state index contributed by atoms with van der Waals surface area (Å²) in [5.74, 6) is 0. The zero-order chi connectivity index (χ0) is 52.6. The second-order valence-corrected chi connectivity index (χ2v) is 23.3. The molecule has 0 bridgehead atoms. The summed E-state index contributed by atoms with van der Waals surface area (Å²) in [6.45, 7) is 14.2. The van der Waals surface area contributed by atoms with Crippen molar-refractivity contribution in [3.05, 3.63) is 254 Å². The maximum atomic E-state index is 2.64. The molecule has 4 nitrogen and oxygen atoms in total. The highest BCUT2D eigenvalue weighted by Crippen LogP contribution is 2.54. The van der Waals surface area contributed by atoms with Crippen LogP contribution in [-0.2, 0) is 10.8 Å². The topological polar surface area (TPSA) is 15.3 Å². The molecule has 0 aliphatic carbocycles. The van der Waals surface area contributed by atoms with Gasteiger partial charge in [-0.15, -0.1) is 0 Å². The van der Waals surface area contributed by atoms with Gasteiger partial charge in [-0.3, -0.25) is 0 Å². The zero-order valence-corrected chi connectivity index (χ0v) is 44.9. The van der Waals surface area contributed by atoms with Crippen LogP contribution in [-0.4, -0.2) is 8.80 Å². The fourth-order valence-electron chi connectivity index (χ4n) is 13.3. The lowest BCUT2D eigenvalue weighted by Crippen LogP contribution is -2.12. The van der Waals surface area contributed by atoms with Crippen LogP contribution in [0.4, 0.5) is 34.1 Å². The molecule has 0 aliphatic heterocycles. The van der Waals surface area contributed by atoms with E-state index in [0.717, 1.165) is 34.1 Å². The predicted molar refractivity (Wildman–Crippen MR) is 333 cm³/mol. The molecule has 0 radical (unpaired) electrons. The molecule has 0 saturated heterocycles. The summed E-state index contributed by atoms with van der Waals surface area (Å²) >= 11 is 0. The summed E-state index contributed by atoms with van der Waals surface area (Å²) < 4.78 is 5.28. The van der Waals surface area contributed by atoms with Gasteiger partial charge in [-0.05, 0) is 93.7 Å². The molecule has 4 heterocycles. The van der Waals surface area contributed by atoms with Gasteiger partial charge in [-0.2, -0.15) is 0 Å². The van der Waals surface area contributed by atoms with Gasteiger partial charge >= 0.3 is 0 Å². The summed E-state index contributed by atoms with van der Waals surface area (Å²) in [7, 11) is 0. The summed E-state index contributed by atoms with van der Waals surface area (Å²) in [4.78, 5) is 5.00. The molecule has 0 atom stereocenters. The molecule has 0 aliphatic rings. The SMILES string of the molecule is CC(C)(C)c1cccc2c3c(N(c4ccccc4)c4ccccc4-c4ccccc4)ccc4c5cc6c(cc5n(c12)c43)c1ccc(N(c2ccccc2)c2ccccc2-c2ccccc2)c2c3cccc(C(C)(C)C)c3n6c12. The van der Waals surface area contributed by atoms with Crippen molar-refractivity contribution in [3.63, 3.8) is 0 Å². The van der Waals surface area contributed by atoms with E-state index in [-0.39, 0.29) is 10.8 Å². The van der Waals surface area contributed by atoms with Gasteiger partial charge in [0.1, 0.15) is 0 Å². The molecular formula is C74H58N4. The van der Waals surface area contributed by atoms with Crippen LogP contribution in [0.5, 0.6) is 0 Å². The molecule has 4 heteroatoms. The van der Waals surface area contributed by atoms with E-state index < -0.39 is 0 Å². The summed E-state index contributed by atoms with van der Waals surface area (Å²) in [5.41, 5.74) is 21.4. The Hall–Kier alpha value is -9.38. The summed E-state index contributed by atoms with van der Waals surface area (Å²) in [5, 5.41) is 10.0. The van der Waals surface area contributed by atoms with Crippen molar-refractivity contribution in [3.8, 4) is 22.3 Å². The molecule has 0 amide bonds. The minimum atomic E-state index is -0.140. The van der Waals surface area contributed by atoms with Crippen molar-refractivity contribution in [1.82, 2.24) is 8.80 Å². The van der Waals surface area contributed by atoms with E-state index in [1.165, 1.54) is 110 Å². The quantitative estimate of drug-likeness (QED) is 0.151. The molecule has 374 valence electrons. The van der Waals surface area contributed by atoms with Crippen molar-refractivity contribution >= 4 is 110 Å². The van der Waals surface area contributed by atoms with Crippen molar-refractivity contribution in [1.29, 1.82) is 0 Å². The first-order chi connectivity index (χ1) is 38.0. The van der Waals surface area contributed by atoms with Gasteiger partial charge in [0, 0.05) is 65.6 Å². The third-order valence-electron chi connectivity index (χ3n) is 16.6. The Morgan fingerprint density at radius 1 is 0.282 bits per heavy atom. The Kier molecular flexibility index (Phi) is 10.1. The smallest absolute Gasteiger partial charge is 0.0641 e. The van der Waals surface area contributed by atoms with E-state index in [0.29, 0.717) is 0 Å². The van der Waals surface area contributed by atoms with Crippen LogP contribution in [0.3, 0.4) is 0 Å². The van der Waals surface area contributed by atoms with Gasteiger partial charge in [0.2, 0.25) is 0 Å². The number of rotatable bonds is 8. The van der Waals surface area contributed by atoms with Crippen molar-refractivity contribution in [2.45, 2.75) is 52.4 Å². The highest BCUT2D eigenvalue weighted by Gasteiger charge is 2.32. The fraction of sp³-hybridized carbons (Fsp3) is 0.108. The second-order valence-electron chi connectivity index (χ2n) is 23.3. The lowest BCUT2D eigenvalue weighted by molar-refractivity contribution is 0.594. The maximum Gasteiger partial charge on any atom is 0.0641 e. The molecule has 78 heavy (non-hydrogen) atoms. The van der Waals surface area contributed by atoms with Crippen molar-refractivity contribution < 1.29 is 0 Å². The number of aromatic nitrogens is 2. The van der Waals surface area contributed by atoms with Crippen molar-refractivity contribution in [2.24, 2.45) is 0 Å². The second kappa shape index (κ2) is 17.1. The Bertz CT molecular complexity index is 4480. The number of fused-ring (bicyclic) bond motifs is 12. The first-order valence-corrected chi connectivity index (χ1v) is 27.4. The lowest BCUT2D eigenvalue weighted by Gasteiger charge is -2.29. The zero-order valence-electron chi connectivity index (χ0n) is 44.9. The predicted octanol–water partition coefficient (Wildman–Crippen LogP) is 20.9. The van der Waals surface area contributed by atoms with Gasteiger partial charge in [0.25, 0.3) is 0 Å². The van der Waals surface area contributed by atoms with Crippen molar-refractivity contribution in [2.75, 3.05) is 9.80 Å². The Morgan fingerprint density at radius 2 is 0.641 bits per heavy atom. The molecule has 4 aromatic heterocycles. The molecule has 0 spiro atoms. The third-order valence-corrected chi connectivity index (χ3v) is 16.6. The van der Waals surface area contributed by atoms with E-state index in [2.05, 4.69) is 303 Å². The van der Waals surface area contributed by atoms with Gasteiger partial charge < -0.3 is 18.6 Å². The normalized spacial score (nSPS) is 12.5. The Balaban J connectivity index is 1.07. The third kappa shape index (κ3) is 6.72. The first-order valence-electron chi connectivity index (χ1n) is 27.4. The van der Waals surface area contributed by atoms with Gasteiger partial charge in [0.05, 0.1) is 55.8 Å². The number of nitrogens with zero attached hydrogens (tertiary/aromatic N) is 4. The van der Waals surface area contributed by atoms with E-state index in [1.807, 2.05) is 0 Å². The van der Waals surface area contributed by atoms with E-state index >= 15 is 0 Å². The highest BCUT2D eigenvalue weighted by atomic mass is 15.2. The highest BCUT2D eigenvalue weighted by molar-refractivity contribution is 6.32. The fourth-order valence-corrected chi connectivity index (χ4v) is 13.3. The van der Waals surface area contributed by atoms with E-state index in [1.54, 1.807) is 0 Å². The first kappa shape index (κ1) is 46.0. The Morgan fingerprint density at radius 3 is 1.03 bits per heavy atom. The molecule has 0 fully saturated rings. The van der Waals surface area contributed by atoms with Gasteiger partial charge in [0.15, 0.2) is 0 Å². The molecule has 15 rings (SSSR count). The Labute approximate surface area is 454 Å². The summed E-state index contributed by atoms with van der Waals surface area (Å²) in [6, 6.07) is 90.0. The molecule has 0 N–H and O–H groups in total. The van der Waals surface area contributed by atoms with Crippen LogP contribution in [0.2, 0.25) is 0 Å². The number of benzene rings is 11. The average molecular weight is 1000 g/mol. The monoisotopic (exact) mass is 1000 g/mol. The average Bonchev–Trinajstić information content (AvgIpc) is 2.38. The standard InChI is InChI=1S/C74H58N4/c1-73(2,3)59-37-23-35-55-67-63(75(49-29-15-9-16-30-49)61-39-21-19-33-51(61)47-25-11-7-12-26-47)43-41-53-57-46-66-58(45-65(57)77(69(55)59)71(53)67)54-42-44-64(68-56-36-24-38-60(74(4,5)6)70(56)78(66)72(54)68)76(50-31-17-10-18-32-50)62-40-22-20-34-52(62)48-27-13-8-14-28-48/h7-46H,1-6H3. The number of para-hydroxylation sites is 6. The van der Waals surface area contributed by atoms with Crippen LogP contribution in [0, 0.1) is 0 Å². The lowest BCUT2D eigenvalue weighted by atomic mass is 9.85. The minimum absolute atomic E-state index is 0.140. The maximum absolute atomic E-state index is 2.64. The number of anilines is 6. The molecule has 0 saturated carbocycles. The number of hydrogen-bond donors (Lipinski definition) is 0. The summed E-state index contributed by atoms with van der Waals surface area (Å²) in [6.07, 6.45) is 0. The van der Waals surface area contributed by atoms with Crippen LogP contribution in [0.1, 0.15) is 52.7 Å². The van der Waals surface area contributed by atoms with E-state index in [9.17, 15) is 0 Å².